The molecule has 1 aromatic rings. The van der Waals surface area contributed by atoms with E-state index >= 15 is 0 Å². The number of carbonyl (C=O) groups excluding carboxylic acids is 1. The molecule has 0 saturated heterocycles. The summed E-state index contributed by atoms with van der Waals surface area (Å²) in [6, 6.07) is 5.31. The lowest BCUT2D eigenvalue weighted by molar-refractivity contribution is -0.129. The number of aryl methyl sites for hydroxylation is 1. The van der Waals surface area contributed by atoms with E-state index < -0.39 is 24.3 Å². The first-order chi connectivity index (χ1) is 10.9. The van der Waals surface area contributed by atoms with Crippen molar-refractivity contribution < 1.29 is 18.3 Å². The Hall–Kier alpha value is -1.88. The van der Waals surface area contributed by atoms with E-state index in [9.17, 15) is 13.6 Å². The van der Waals surface area contributed by atoms with Gasteiger partial charge in [0.1, 0.15) is 17.7 Å². The van der Waals surface area contributed by atoms with E-state index in [0.29, 0.717) is 30.0 Å². The molecule has 23 heavy (non-hydrogen) atoms. The number of halogens is 3. The van der Waals surface area contributed by atoms with Gasteiger partial charge in [0.05, 0.1) is 6.54 Å². The van der Waals surface area contributed by atoms with Gasteiger partial charge in [0.25, 0.3) is 6.43 Å². The fourth-order valence-electron chi connectivity index (χ4n) is 2.46. The average Bonchev–Trinajstić information content (AvgIpc) is 2.50. The van der Waals surface area contributed by atoms with Crippen LogP contribution >= 0.6 is 11.6 Å². The van der Waals surface area contributed by atoms with Gasteiger partial charge < -0.3 is 9.64 Å². The van der Waals surface area contributed by atoms with Crippen LogP contribution in [0.1, 0.15) is 17.5 Å². The second-order valence-corrected chi connectivity index (χ2v) is 5.74. The van der Waals surface area contributed by atoms with E-state index in [2.05, 4.69) is 6.58 Å². The summed E-state index contributed by atoms with van der Waals surface area (Å²) in [5.74, 6) is 0.167. The third-order valence-electron chi connectivity index (χ3n) is 3.51. The Balaban J connectivity index is 2.34. The van der Waals surface area contributed by atoms with Gasteiger partial charge in [0.15, 0.2) is 0 Å². The topological polar surface area (TPSA) is 29.5 Å². The van der Waals surface area contributed by atoms with E-state index in [1.54, 1.807) is 30.4 Å². The molecule has 124 valence electrons. The lowest BCUT2D eigenvalue weighted by Crippen LogP contribution is -2.41. The van der Waals surface area contributed by atoms with Crippen molar-refractivity contribution in [2.24, 2.45) is 0 Å². The van der Waals surface area contributed by atoms with Crippen molar-refractivity contribution >= 4 is 23.2 Å². The molecule has 1 amide bonds. The summed E-state index contributed by atoms with van der Waals surface area (Å²) in [6.45, 7) is 5.14. The zero-order valence-electron chi connectivity index (χ0n) is 12.8. The molecule has 0 aromatic heterocycles. The third-order valence-corrected chi connectivity index (χ3v) is 3.87. The monoisotopic (exact) mass is 341 g/mol. The first-order valence-electron chi connectivity index (χ1n) is 7.22. The number of hydrogen-bond donors (Lipinski definition) is 0. The van der Waals surface area contributed by atoms with Crippen LogP contribution in [0.2, 0.25) is 0 Å². The van der Waals surface area contributed by atoms with E-state index in [4.69, 9.17) is 16.3 Å². The summed E-state index contributed by atoms with van der Waals surface area (Å²) in [5.41, 5.74) is 2.02. The molecule has 1 aromatic carbocycles. The van der Waals surface area contributed by atoms with Crippen molar-refractivity contribution in [3.63, 3.8) is 0 Å². The summed E-state index contributed by atoms with van der Waals surface area (Å²) < 4.78 is 31.1. The van der Waals surface area contributed by atoms with Crippen molar-refractivity contribution in [3.8, 4) is 5.75 Å². The van der Waals surface area contributed by atoms with Gasteiger partial charge in [-0.2, -0.15) is 0 Å². The zero-order valence-corrected chi connectivity index (χ0v) is 13.5. The van der Waals surface area contributed by atoms with E-state index in [-0.39, 0.29) is 0 Å². The summed E-state index contributed by atoms with van der Waals surface area (Å²) in [4.78, 5) is 13.2. The molecule has 1 aliphatic heterocycles. The molecular weight excluding hydrogens is 324 g/mol. The average molecular weight is 342 g/mol. The Kier molecular flexibility index (Phi) is 5.77. The number of allylic oxidation sites excluding steroid dienone is 1. The van der Waals surface area contributed by atoms with Crippen LogP contribution in [-0.4, -0.2) is 35.8 Å². The predicted octanol–water partition coefficient (Wildman–Crippen LogP) is 4.01. The van der Waals surface area contributed by atoms with Crippen LogP contribution in [0, 0.1) is 6.92 Å². The Bertz CT molecular complexity index is 631. The SMILES string of the molecule is C=CCOc1ccc(C2=CCC(Cl)C(=O)N2CC(F)F)c(C)c1. The molecule has 1 unspecified atom stereocenters. The van der Waals surface area contributed by atoms with Gasteiger partial charge in [-0.15, -0.1) is 11.6 Å². The van der Waals surface area contributed by atoms with Gasteiger partial charge in [-0.25, -0.2) is 8.78 Å². The number of alkyl halides is 3. The van der Waals surface area contributed by atoms with Crippen molar-refractivity contribution in [1.82, 2.24) is 4.90 Å². The maximum atomic E-state index is 12.8. The van der Waals surface area contributed by atoms with Crippen LogP contribution in [0.15, 0.2) is 36.9 Å². The summed E-state index contributed by atoms with van der Waals surface area (Å²) in [6.07, 6.45) is 1.06. The van der Waals surface area contributed by atoms with E-state index in [1.165, 1.54) is 0 Å². The number of amides is 1. The first kappa shape index (κ1) is 17.5. The molecule has 3 nitrogen and oxygen atoms in total. The van der Waals surface area contributed by atoms with Gasteiger partial charge in [-0.1, -0.05) is 18.7 Å². The van der Waals surface area contributed by atoms with Gasteiger partial charge in [0.2, 0.25) is 5.91 Å². The van der Waals surface area contributed by atoms with Crippen molar-refractivity contribution in [1.29, 1.82) is 0 Å². The predicted molar refractivity (Wildman–Crippen MR) is 86.8 cm³/mol. The second kappa shape index (κ2) is 7.59. The molecule has 6 heteroatoms. The molecule has 0 spiro atoms. The van der Waals surface area contributed by atoms with Crippen LogP contribution in [0.4, 0.5) is 8.78 Å². The molecule has 0 aliphatic carbocycles. The smallest absolute Gasteiger partial charge is 0.256 e. The number of benzene rings is 1. The Labute approximate surface area is 139 Å². The van der Waals surface area contributed by atoms with Gasteiger partial charge in [-0.05, 0) is 37.1 Å². The van der Waals surface area contributed by atoms with Crippen LogP contribution in [-0.2, 0) is 4.79 Å². The highest BCUT2D eigenvalue weighted by Gasteiger charge is 2.32. The second-order valence-electron chi connectivity index (χ2n) is 5.21. The molecule has 2 rings (SSSR count). The Morgan fingerprint density at radius 2 is 2.26 bits per heavy atom. The van der Waals surface area contributed by atoms with Crippen LogP contribution in [0.25, 0.3) is 5.70 Å². The van der Waals surface area contributed by atoms with E-state index in [1.807, 2.05) is 6.92 Å². The highest BCUT2D eigenvalue weighted by molar-refractivity contribution is 6.31. The van der Waals surface area contributed by atoms with Crippen LogP contribution < -0.4 is 4.74 Å². The fraction of sp³-hybridized carbons (Fsp3) is 0.353. The van der Waals surface area contributed by atoms with Gasteiger partial charge in [-0.3, -0.25) is 4.79 Å². The molecule has 1 heterocycles. The minimum absolute atomic E-state index is 0.323. The molecule has 0 fully saturated rings. The summed E-state index contributed by atoms with van der Waals surface area (Å²) in [5, 5.41) is -0.798. The summed E-state index contributed by atoms with van der Waals surface area (Å²) >= 11 is 5.91. The first-order valence-corrected chi connectivity index (χ1v) is 7.66. The molecule has 0 saturated carbocycles. The molecular formula is C17H18ClF2NO2. The molecule has 0 radical (unpaired) electrons. The molecule has 1 atom stereocenters. The largest absolute Gasteiger partial charge is 0.490 e. The maximum Gasteiger partial charge on any atom is 0.256 e. The fourth-order valence-corrected chi connectivity index (χ4v) is 2.67. The van der Waals surface area contributed by atoms with Crippen molar-refractivity contribution in [3.05, 3.63) is 48.1 Å². The quantitative estimate of drug-likeness (QED) is 0.578. The molecule has 1 aliphatic rings. The zero-order chi connectivity index (χ0) is 17.0. The van der Waals surface area contributed by atoms with Crippen LogP contribution in [0.3, 0.4) is 0 Å². The van der Waals surface area contributed by atoms with Crippen LogP contribution in [0.5, 0.6) is 5.75 Å². The number of hydrogen-bond acceptors (Lipinski definition) is 2. The van der Waals surface area contributed by atoms with E-state index in [0.717, 1.165) is 10.5 Å². The minimum atomic E-state index is -2.63. The Morgan fingerprint density at radius 1 is 1.52 bits per heavy atom. The van der Waals surface area contributed by atoms with Gasteiger partial charge in [0, 0.05) is 11.3 Å². The maximum absolute atomic E-state index is 12.8. The standard InChI is InChI=1S/C17H18ClF2NO2/c1-3-8-23-12-4-5-13(11(2)9-12)15-7-6-14(18)17(22)21(15)10-16(19)20/h3-5,7,9,14,16H,1,6,8,10H2,2H3. The molecule has 0 N–H and O–H groups in total. The minimum Gasteiger partial charge on any atom is -0.490 e. The number of carbonyl (C=O) groups is 1. The highest BCUT2D eigenvalue weighted by atomic mass is 35.5. The molecule has 0 bridgehead atoms. The number of nitrogens with zero attached hydrogens (tertiary/aromatic N) is 1. The number of rotatable bonds is 6. The Morgan fingerprint density at radius 3 is 2.87 bits per heavy atom. The number of ether oxygens (including phenoxy) is 1. The third kappa shape index (κ3) is 4.10. The van der Waals surface area contributed by atoms with Crippen molar-refractivity contribution in [2.45, 2.75) is 25.1 Å². The van der Waals surface area contributed by atoms with Gasteiger partial charge >= 0.3 is 0 Å². The lowest BCUT2D eigenvalue weighted by Gasteiger charge is -2.31. The normalized spacial score (nSPS) is 18.1. The lowest BCUT2D eigenvalue weighted by atomic mass is 9.99. The highest BCUT2D eigenvalue weighted by Crippen LogP contribution is 2.32. The summed E-state index contributed by atoms with van der Waals surface area (Å²) in [7, 11) is 0. The van der Waals surface area contributed by atoms with Crippen molar-refractivity contribution in [2.75, 3.05) is 13.2 Å².